The molecule has 12 nitrogen and oxygen atoms in total. The van der Waals surface area contributed by atoms with Crippen LogP contribution in [0.25, 0.3) is 33.4 Å². The molecule has 0 aliphatic carbocycles. The van der Waals surface area contributed by atoms with E-state index >= 15 is 0 Å². The average molecular weight is 629 g/mol. The summed E-state index contributed by atoms with van der Waals surface area (Å²) in [6.07, 6.45) is 6.85. The lowest BCUT2D eigenvalue weighted by atomic mass is 10.1. The predicted octanol–water partition coefficient (Wildman–Crippen LogP) is 4.11. The zero-order valence-corrected chi connectivity index (χ0v) is 25.1. The second-order valence-corrected chi connectivity index (χ2v) is 11.0. The first kappa shape index (κ1) is 29.5. The van der Waals surface area contributed by atoms with Crippen LogP contribution in [0.5, 0.6) is 11.5 Å². The van der Waals surface area contributed by atoms with Crippen molar-refractivity contribution in [2.24, 2.45) is 0 Å². The molecule has 0 spiro atoms. The Morgan fingerprint density at radius 3 is 2.53 bits per heavy atom. The van der Waals surface area contributed by atoms with Crippen LogP contribution in [-0.2, 0) is 9.47 Å². The van der Waals surface area contributed by atoms with Gasteiger partial charge in [0.15, 0.2) is 0 Å². The molecule has 43 heavy (non-hydrogen) atoms. The van der Waals surface area contributed by atoms with Gasteiger partial charge >= 0.3 is 0 Å². The van der Waals surface area contributed by atoms with Gasteiger partial charge in [-0.3, -0.25) is 10.00 Å². The molecule has 226 valence electrons. The molecule has 1 aromatic carbocycles. The van der Waals surface area contributed by atoms with Gasteiger partial charge in [0.05, 0.1) is 74.1 Å². The minimum Gasteiger partial charge on any atom is -0.495 e. The molecule has 2 aliphatic heterocycles. The van der Waals surface area contributed by atoms with E-state index in [1.165, 1.54) is 20.3 Å². The van der Waals surface area contributed by atoms with Crippen LogP contribution in [0.3, 0.4) is 0 Å². The maximum atomic E-state index is 10.0. The van der Waals surface area contributed by atoms with Crippen LogP contribution in [0.1, 0.15) is 12.5 Å². The number of pyridine rings is 1. The Morgan fingerprint density at radius 1 is 1.07 bits per heavy atom. The van der Waals surface area contributed by atoms with Crippen molar-refractivity contribution in [2.75, 3.05) is 46.0 Å². The number of aromatic nitrogens is 5. The van der Waals surface area contributed by atoms with Gasteiger partial charge in [-0.1, -0.05) is 29.8 Å². The number of nitrogens with zero attached hydrogens (tertiary/aromatic N) is 5. The van der Waals surface area contributed by atoms with Crippen LogP contribution >= 0.6 is 23.2 Å². The summed E-state index contributed by atoms with van der Waals surface area (Å²) in [6, 6.07) is 3.24. The van der Waals surface area contributed by atoms with E-state index in [1.54, 1.807) is 18.5 Å². The van der Waals surface area contributed by atoms with Gasteiger partial charge in [0.2, 0.25) is 5.95 Å². The van der Waals surface area contributed by atoms with Crippen molar-refractivity contribution in [2.45, 2.75) is 30.8 Å². The van der Waals surface area contributed by atoms with Crippen LogP contribution in [0.4, 0.5) is 5.95 Å². The van der Waals surface area contributed by atoms with E-state index in [-0.39, 0.29) is 18.1 Å². The largest absolute Gasteiger partial charge is 0.495 e. The number of halogens is 2. The highest BCUT2D eigenvalue weighted by Gasteiger charge is 2.30. The number of fused-ring (bicyclic) bond motifs is 1. The molecule has 2 aliphatic rings. The molecule has 0 radical (unpaired) electrons. The molecular formula is C29H31Cl2N7O5. The number of aliphatic hydroxyl groups excluding tert-OH is 1. The Kier molecular flexibility index (Phi) is 8.66. The summed E-state index contributed by atoms with van der Waals surface area (Å²) in [7, 11) is 3.04. The lowest BCUT2D eigenvalue weighted by Crippen LogP contribution is -2.47. The highest BCUT2D eigenvalue weighted by molar-refractivity contribution is 6.41. The minimum absolute atomic E-state index is 0.138. The van der Waals surface area contributed by atoms with E-state index in [9.17, 15) is 5.11 Å². The van der Waals surface area contributed by atoms with Gasteiger partial charge < -0.3 is 29.4 Å². The lowest BCUT2D eigenvalue weighted by molar-refractivity contribution is 0.149. The molecule has 0 saturated carbocycles. The van der Waals surface area contributed by atoms with Gasteiger partial charge in [-0.05, 0) is 18.6 Å². The van der Waals surface area contributed by atoms with E-state index in [0.717, 1.165) is 12.0 Å². The maximum Gasteiger partial charge on any atom is 0.223 e. The zero-order valence-electron chi connectivity index (χ0n) is 23.6. The Labute approximate surface area is 257 Å². The molecular weight excluding hydrogens is 597 g/mol. The fraction of sp³-hybridized carbons (Fsp3) is 0.379. The average Bonchev–Trinajstić information content (AvgIpc) is 3.80. The van der Waals surface area contributed by atoms with Crippen molar-refractivity contribution in [3.8, 4) is 34.0 Å². The predicted molar refractivity (Wildman–Crippen MR) is 163 cm³/mol. The number of hydrogen-bond donors (Lipinski definition) is 3. The van der Waals surface area contributed by atoms with E-state index in [1.807, 2.05) is 16.9 Å². The van der Waals surface area contributed by atoms with Crippen LogP contribution in [0.2, 0.25) is 10.0 Å². The highest BCUT2D eigenvalue weighted by Crippen LogP contribution is 2.46. The number of ether oxygens (including phenoxy) is 4. The molecule has 3 aromatic heterocycles. The third-order valence-electron chi connectivity index (χ3n) is 7.55. The van der Waals surface area contributed by atoms with Crippen molar-refractivity contribution in [3.63, 3.8) is 0 Å². The summed E-state index contributed by atoms with van der Waals surface area (Å²) in [4.78, 5) is 14.5. The van der Waals surface area contributed by atoms with Crippen LogP contribution in [-0.4, -0.2) is 88.8 Å². The molecule has 6 rings (SSSR count). The zero-order chi connectivity index (χ0) is 30.1. The topological polar surface area (TPSA) is 138 Å². The molecule has 14 heteroatoms. The van der Waals surface area contributed by atoms with Gasteiger partial charge in [0, 0.05) is 41.6 Å². The Bertz CT molecular complexity index is 1620. The normalized spacial score (nSPS) is 20.8. The van der Waals surface area contributed by atoms with E-state index in [2.05, 4.69) is 27.3 Å². The molecule has 2 unspecified atom stereocenters. The first-order valence-electron chi connectivity index (χ1n) is 13.7. The SMILES string of the molecule is C=CC(O)N[C@H]1COC[C@H]1Nc1ncc2cc(-c3c(Cl)c(OC)cc(OC)c3Cl)nc(-c3cnn(C4CCOC4)c3)c2n1. The second-order valence-electron chi connectivity index (χ2n) is 10.2. The van der Waals surface area contributed by atoms with Crippen molar-refractivity contribution in [1.29, 1.82) is 0 Å². The molecule has 3 N–H and O–H groups in total. The minimum atomic E-state index is -0.863. The summed E-state index contributed by atoms with van der Waals surface area (Å²) in [5.41, 5.74) is 2.86. The summed E-state index contributed by atoms with van der Waals surface area (Å²) >= 11 is 13.6. The summed E-state index contributed by atoms with van der Waals surface area (Å²) in [6.45, 7) is 5.74. The van der Waals surface area contributed by atoms with Crippen LogP contribution in [0.15, 0.2) is 43.4 Å². The lowest BCUT2D eigenvalue weighted by Gasteiger charge is -2.22. The standard InChI is InChI=1S/C29H31Cl2N7O5/c1-4-23(39)34-19-13-43-14-20(19)36-29-32-9-15-7-18(24-25(30)21(40-2)8-22(41-3)26(24)31)35-28(27(15)37-29)16-10-33-38(11-16)17-5-6-42-12-17/h4,7-11,17,19-20,23,34,39H,1,5-6,12-14H2,2-3H3,(H,32,36,37)/t17?,19-,20+,23?/m0/s1. The maximum absolute atomic E-state index is 10.0. The highest BCUT2D eigenvalue weighted by atomic mass is 35.5. The van der Waals surface area contributed by atoms with Crippen molar-refractivity contribution >= 4 is 40.1 Å². The molecule has 2 fully saturated rings. The fourth-order valence-corrected chi connectivity index (χ4v) is 5.95. The number of aliphatic hydroxyl groups is 1. The van der Waals surface area contributed by atoms with E-state index < -0.39 is 6.23 Å². The second kappa shape index (κ2) is 12.6. The first-order chi connectivity index (χ1) is 20.9. The number of nitrogens with one attached hydrogen (secondary N) is 2. The van der Waals surface area contributed by atoms with Gasteiger partial charge in [-0.25, -0.2) is 15.0 Å². The van der Waals surface area contributed by atoms with Crippen molar-refractivity contribution in [3.05, 3.63) is 53.4 Å². The number of benzene rings is 1. The van der Waals surface area contributed by atoms with Gasteiger partial charge in [-0.15, -0.1) is 0 Å². The van der Waals surface area contributed by atoms with Crippen molar-refractivity contribution in [1.82, 2.24) is 30.0 Å². The van der Waals surface area contributed by atoms with Crippen LogP contribution in [0, 0.1) is 0 Å². The van der Waals surface area contributed by atoms with E-state index in [0.29, 0.717) is 81.8 Å². The van der Waals surface area contributed by atoms with Crippen molar-refractivity contribution < 1.29 is 24.1 Å². The molecule has 4 atom stereocenters. The molecule has 0 bridgehead atoms. The Morgan fingerprint density at radius 2 is 1.84 bits per heavy atom. The van der Waals surface area contributed by atoms with Crippen LogP contribution < -0.4 is 20.1 Å². The number of rotatable bonds is 10. The smallest absolute Gasteiger partial charge is 0.223 e. The third-order valence-corrected chi connectivity index (χ3v) is 8.30. The van der Waals surface area contributed by atoms with Gasteiger partial charge in [0.1, 0.15) is 28.9 Å². The van der Waals surface area contributed by atoms with Gasteiger partial charge in [-0.2, -0.15) is 5.10 Å². The third kappa shape index (κ3) is 5.86. The number of hydrogen-bond acceptors (Lipinski definition) is 11. The quantitative estimate of drug-likeness (QED) is 0.173. The molecule has 0 amide bonds. The summed E-state index contributed by atoms with van der Waals surface area (Å²) in [5.74, 6) is 1.18. The fourth-order valence-electron chi connectivity index (χ4n) is 5.25. The molecule has 2 saturated heterocycles. The monoisotopic (exact) mass is 627 g/mol. The summed E-state index contributed by atoms with van der Waals surface area (Å²) < 4.78 is 24.1. The summed E-state index contributed by atoms with van der Waals surface area (Å²) in [5, 5.41) is 22.3. The Hall–Kier alpha value is -3.52. The first-order valence-corrected chi connectivity index (χ1v) is 14.5. The Balaban J connectivity index is 1.46. The number of methoxy groups -OCH3 is 2. The number of anilines is 1. The molecule has 4 aromatic rings. The van der Waals surface area contributed by atoms with E-state index in [4.69, 9.17) is 52.1 Å². The molecule has 5 heterocycles. The van der Waals surface area contributed by atoms with Gasteiger partial charge in [0.25, 0.3) is 0 Å².